The number of rotatable bonds is 6. The molecule has 1 aliphatic carbocycles. The number of benzene rings is 1. The maximum absolute atomic E-state index is 11.8. The molecule has 0 aromatic heterocycles. The highest BCUT2D eigenvalue weighted by Gasteiger charge is 2.21. The molecule has 0 unspecified atom stereocenters. The molecule has 2 rings (SSSR count). The Morgan fingerprint density at radius 3 is 2.76 bits per heavy atom. The number of aryl methyl sites for hydroxylation is 1. The monoisotopic (exact) mass is 254 g/mol. The van der Waals surface area contributed by atoms with Crippen LogP contribution in [-0.4, -0.2) is 26.8 Å². The molecule has 0 saturated heterocycles. The first-order valence-electron chi connectivity index (χ1n) is 5.86. The Morgan fingerprint density at radius 2 is 2.12 bits per heavy atom. The minimum Gasteiger partial charge on any atom is -0.313 e. The molecule has 1 aromatic rings. The summed E-state index contributed by atoms with van der Waals surface area (Å²) in [6.07, 6.45) is 2.34. The standard InChI is InChI=1S/C12H18N2O2S/c1-10-3-2-4-12(9-10)14-17(15,16)8-7-13-11-5-6-11/h2-4,9,11,13-14H,5-8H2,1H3. The highest BCUT2D eigenvalue weighted by Crippen LogP contribution is 2.18. The minimum atomic E-state index is -3.23. The Bertz CT molecular complexity index is 481. The Kier molecular flexibility index (Phi) is 3.69. The van der Waals surface area contributed by atoms with Crippen LogP contribution in [0.15, 0.2) is 24.3 Å². The maximum Gasteiger partial charge on any atom is 0.233 e. The van der Waals surface area contributed by atoms with E-state index >= 15 is 0 Å². The molecular weight excluding hydrogens is 236 g/mol. The van der Waals surface area contributed by atoms with Gasteiger partial charge in [-0.2, -0.15) is 0 Å². The molecule has 17 heavy (non-hydrogen) atoms. The molecular formula is C12H18N2O2S. The van der Waals surface area contributed by atoms with E-state index in [1.54, 1.807) is 6.07 Å². The predicted molar refractivity (Wildman–Crippen MR) is 69.6 cm³/mol. The molecule has 5 heteroatoms. The highest BCUT2D eigenvalue weighted by atomic mass is 32.2. The van der Waals surface area contributed by atoms with E-state index in [1.807, 2.05) is 25.1 Å². The van der Waals surface area contributed by atoms with Crippen molar-refractivity contribution in [3.8, 4) is 0 Å². The number of anilines is 1. The lowest BCUT2D eigenvalue weighted by atomic mass is 10.2. The fourth-order valence-electron chi connectivity index (χ4n) is 1.62. The summed E-state index contributed by atoms with van der Waals surface area (Å²) in [4.78, 5) is 0. The number of hydrogen-bond donors (Lipinski definition) is 2. The van der Waals surface area contributed by atoms with Crippen LogP contribution in [0.1, 0.15) is 18.4 Å². The highest BCUT2D eigenvalue weighted by molar-refractivity contribution is 7.92. The van der Waals surface area contributed by atoms with Crippen molar-refractivity contribution in [3.63, 3.8) is 0 Å². The zero-order valence-electron chi connectivity index (χ0n) is 9.94. The van der Waals surface area contributed by atoms with E-state index in [9.17, 15) is 8.42 Å². The van der Waals surface area contributed by atoms with E-state index in [0.29, 0.717) is 18.3 Å². The van der Waals surface area contributed by atoms with Crippen molar-refractivity contribution < 1.29 is 8.42 Å². The third-order valence-corrected chi connectivity index (χ3v) is 3.96. The van der Waals surface area contributed by atoms with Crippen molar-refractivity contribution in [1.82, 2.24) is 5.32 Å². The van der Waals surface area contributed by atoms with E-state index in [4.69, 9.17) is 0 Å². The second kappa shape index (κ2) is 5.06. The summed E-state index contributed by atoms with van der Waals surface area (Å²) in [5.74, 6) is 0.122. The lowest BCUT2D eigenvalue weighted by molar-refractivity contribution is 0.595. The molecule has 0 amide bonds. The molecule has 1 fully saturated rings. The maximum atomic E-state index is 11.8. The predicted octanol–water partition coefficient (Wildman–Crippen LogP) is 1.49. The zero-order valence-corrected chi connectivity index (χ0v) is 10.8. The van der Waals surface area contributed by atoms with Gasteiger partial charge in [0.2, 0.25) is 10.0 Å². The van der Waals surface area contributed by atoms with Gasteiger partial charge in [0.25, 0.3) is 0 Å². The van der Waals surface area contributed by atoms with Gasteiger partial charge in [-0.1, -0.05) is 12.1 Å². The van der Waals surface area contributed by atoms with Crippen LogP contribution in [0.5, 0.6) is 0 Å². The van der Waals surface area contributed by atoms with E-state index < -0.39 is 10.0 Å². The third-order valence-electron chi connectivity index (χ3n) is 2.67. The molecule has 0 heterocycles. The van der Waals surface area contributed by atoms with Crippen LogP contribution in [0.4, 0.5) is 5.69 Å². The number of nitrogens with one attached hydrogen (secondary N) is 2. The van der Waals surface area contributed by atoms with Crippen molar-refractivity contribution in [3.05, 3.63) is 29.8 Å². The normalized spacial score (nSPS) is 15.8. The Labute approximate surface area is 102 Å². The summed E-state index contributed by atoms with van der Waals surface area (Å²) in [5.41, 5.74) is 1.68. The molecule has 0 aliphatic heterocycles. The molecule has 0 spiro atoms. The second-order valence-electron chi connectivity index (χ2n) is 4.52. The quantitative estimate of drug-likeness (QED) is 0.808. The van der Waals surface area contributed by atoms with Gasteiger partial charge >= 0.3 is 0 Å². The van der Waals surface area contributed by atoms with Gasteiger partial charge in [-0.05, 0) is 37.5 Å². The lowest BCUT2D eigenvalue weighted by Crippen LogP contribution is -2.28. The second-order valence-corrected chi connectivity index (χ2v) is 6.36. The van der Waals surface area contributed by atoms with Crippen molar-refractivity contribution in [2.24, 2.45) is 0 Å². The lowest BCUT2D eigenvalue weighted by Gasteiger charge is -2.08. The average molecular weight is 254 g/mol. The first-order valence-corrected chi connectivity index (χ1v) is 7.51. The molecule has 0 radical (unpaired) electrons. The molecule has 4 nitrogen and oxygen atoms in total. The summed E-state index contributed by atoms with van der Waals surface area (Å²) >= 11 is 0. The largest absolute Gasteiger partial charge is 0.313 e. The van der Waals surface area contributed by atoms with Gasteiger partial charge in [-0.3, -0.25) is 4.72 Å². The van der Waals surface area contributed by atoms with Crippen LogP contribution >= 0.6 is 0 Å². The van der Waals surface area contributed by atoms with Gasteiger partial charge in [0.15, 0.2) is 0 Å². The molecule has 94 valence electrons. The topological polar surface area (TPSA) is 58.2 Å². The van der Waals surface area contributed by atoms with Gasteiger partial charge in [-0.15, -0.1) is 0 Å². The number of hydrogen-bond acceptors (Lipinski definition) is 3. The van der Waals surface area contributed by atoms with Crippen molar-refractivity contribution in [2.75, 3.05) is 17.0 Å². The Hall–Kier alpha value is -1.07. The van der Waals surface area contributed by atoms with Crippen molar-refractivity contribution in [2.45, 2.75) is 25.8 Å². The van der Waals surface area contributed by atoms with Crippen molar-refractivity contribution in [1.29, 1.82) is 0 Å². The smallest absolute Gasteiger partial charge is 0.233 e. The van der Waals surface area contributed by atoms with Crippen LogP contribution in [0.25, 0.3) is 0 Å². The molecule has 1 aliphatic rings. The third kappa shape index (κ3) is 4.36. The SMILES string of the molecule is Cc1cccc(NS(=O)(=O)CCNC2CC2)c1. The Morgan fingerprint density at radius 1 is 1.35 bits per heavy atom. The minimum absolute atomic E-state index is 0.122. The van der Waals surface area contributed by atoms with Crippen LogP contribution in [0.3, 0.4) is 0 Å². The number of sulfonamides is 1. The fourth-order valence-corrected chi connectivity index (χ4v) is 2.60. The molecule has 1 saturated carbocycles. The fraction of sp³-hybridized carbons (Fsp3) is 0.500. The summed E-state index contributed by atoms with van der Waals surface area (Å²) in [6.45, 7) is 2.46. The molecule has 0 atom stereocenters. The molecule has 2 N–H and O–H groups in total. The van der Waals surface area contributed by atoms with Gasteiger partial charge in [0, 0.05) is 18.3 Å². The van der Waals surface area contributed by atoms with Gasteiger partial charge < -0.3 is 5.32 Å². The summed E-state index contributed by atoms with van der Waals surface area (Å²) in [6, 6.07) is 7.91. The van der Waals surface area contributed by atoms with Crippen molar-refractivity contribution >= 4 is 15.7 Å². The van der Waals surface area contributed by atoms with Gasteiger partial charge in [-0.25, -0.2) is 8.42 Å². The van der Waals surface area contributed by atoms with E-state index in [0.717, 1.165) is 5.56 Å². The first kappa shape index (κ1) is 12.4. The molecule has 0 bridgehead atoms. The van der Waals surface area contributed by atoms with Crippen LogP contribution in [-0.2, 0) is 10.0 Å². The van der Waals surface area contributed by atoms with Crippen LogP contribution in [0.2, 0.25) is 0 Å². The van der Waals surface area contributed by atoms with Crippen LogP contribution < -0.4 is 10.0 Å². The summed E-state index contributed by atoms with van der Waals surface area (Å²) < 4.78 is 26.1. The summed E-state index contributed by atoms with van der Waals surface area (Å²) in [7, 11) is -3.23. The van der Waals surface area contributed by atoms with E-state index in [-0.39, 0.29) is 5.75 Å². The van der Waals surface area contributed by atoms with Gasteiger partial charge in [0.05, 0.1) is 5.75 Å². The zero-order chi connectivity index (χ0) is 12.3. The van der Waals surface area contributed by atoms with E-state index in [1.165, 1.54) is 12.8 Å². The van der Waals surface area contributed by atoms with Gasteiger partial charge in [0.1, 0.15) is 0 Å². The van der Waals surface area contributed by atoms with Crippen LogP contribution in [0, 0.1) is 6.92 Å². The Balaban J connectivity index is 1.86. The molecule has 1 aromatic carbocycles. The van der Waals surface area contributed by atoms with E-state index in [2.05, 4.69) is 10.0 Å². The average Bonchev–Trinajstić information content (AvgIpc) is 3.00. The first-order chi connectivity index (χ1) is 8.05. The summed E-state index contributed by atoms with van der Waals surface area (Å²) in [5, 5.41) is 3.19.